The van der Waals surface area contributed by atoms with Gasteiger partial charge in [0.2, 0.25) is 10.0 Å². The van der Waals surface area contributed by atoms with Gasteiger partial charge in [-0.2, -0.15) is 4.31 Å². The van der Waals surface area contributed by atoms with Crippen molar-refractivity contribution < 1.29 is 17.9 Å². The summed E-state index contributed by atoms with van der Waals surface area (Å²) in [5, 5.41) is 0. The van der Waals surface area contributed by atoms with Crippen LogP contribution in [0.1, 0.15) is 36.2 Å². The zero-order valence-electron chi connectivity index (χ0n) is 14.2. The zero-order chi connectivity index (χ0) is 17.3. The lowest BCUT2D eigenvalue weighted by molar-refractivity contribution is 0.0526. The van der Waals surface area contributed by atoms with Crippen molar-refractivity contribution >= 4 is 28.4 Å². The number of benzene rings is 1. The van der Waals surface area contributed by atoms with Crippen LogP contribution in [0.2, 0.25) is 0 Å². The first-order chi connectivity index (χ1) is 10.7. The number of esters is 1. The summed E-state index contributed by atoms with van der Waals surface area (Å²) in [7, 11) is -3.65. The third kappa shape index (κ3) is 4.08. The molecule has 0 aromatic heterocycles. The van der Waals surface area contributed by atoms with E-state index in [0.717, 1.165) is 6.42 Å². The predicted molar refractivity (Wildman–Crippen MR) is 94.9 cm³/mol. The first-order valence-electron chi connectivity index (χ1n) is 7.71. The van der Waals surface area contributed by atoms with Crippen molar-refractivity contribution in [3.63, 3.8) is 0 Å². The van der Waals surface area contributed by atoms with Crippen LogP contribution in [0.3, 0.4) is 0 Å². The maximum Gasteiger partial charge on any atom is 0.338 e. The summed E-state index contributed by atoms with van der Waals surface area (Å²) in [5.41, 5.74) is 6.42. The van der Waals surface area contributed by atoms with Crippen LogP contribution in [0.5, 0.6) is 0 Å². The number of hydrogen-bond acceptors (Lipinski definition) is 5. The first-order valence-corrected chi connectivity index (χ1v) is 9.15. The minimum Gasteiger partial charge on any atom is -0.462 e. The van der Waals surface area contributed by atoms with Gasteiger partial charge in [0, 0.05) is 13.1 Å². The number of nitrogens with two attached hydrogens (primary N) is 1. The normalized spacial score (nSPS) is 21.3. The molecule has 1 aliphatic heterocycles. The molecule has 1 saturated heterocycles. The van der Waals surface area contributed by atoms with Gasteiger partial charge in [-0.05, 0) is 49.9 Å². The van der Waals surface area contributed by atoms with Crippen molar-refractivity contribution in [2.24, 2.45) is 11.1 Å². The Labute approximate surface area is 149 Å². The van der Waals surface area contributed by atoms with Gasteiger partial charge in [-0.25, -0.2) is 13.2 Å². The van der Waals surface area contributed by atoms with Crippen LogP contribution >= 0.6 is 12.4 Å². The van der Waals surface area contributed by atoms with Crippen molar-refractivity contribution in [1.82, 2.24) is 4.31 Å². The van der Waals surface area contributed by atoms with Crippen LogP contribution in [-0.2, 0) is 14.8 Å². The van der Waals surface area contributed by atoms with Crippen LogP contribution in [0.25, 0.3) is 0 Å². The van der Waals surface area contributed by atoms with E-state index in [9.17, 15) is 13.2 Å². The molecular formula is C16H25ClN2O4S. The predicted octanol–water partition coefficient (Wildman–Crippen LogP) is 1.95. The molecule has 0 saturated carbocycles. The molecule has 0 amide bonds. The lowest BCUT2D eigenvalue weighted by Gasteiger charge is -2.23. The second-order valence-electron chi connectivity index (χ2n) is 6.30. The number of rotatable bonds is 5. The second-order valence-corrected chi connectivity index (χ2v) is 8.21. The number of carbonyl (C=O) groups excluding carboxylic acids is 1. The van der Waals surface area contributed by atoms with Gasteiger partial charge in [0.05, 0.1) is 17.1 Å². The Morgan fingerprint density at radius 1 is 1.42 bits per heavy atom. The molecule has 1 unspecified atom stereocenters. The van der Waals surface area contributed by atoms with Gasteiger partial charge < -0.3 is 10.5 Å². The molecule has 1 heterocycles. The summed E-state index contributed by atoms with van der Waals surface area (Å²) in [5.74, 6) is -0.517. The van der Waals surface area contributed by atoms with E-state index < -0.39 is 16.0 Å². The van der Waals surface area contributed by atoms with E-state index in [1.54, 1.807) is 26.0 Å². The standard InChI is InChI=1S/C16H24N2O4S.ClH/c1-4-22-15(19)13-6-5-12(2)14(9-13)23(20,21)18-8-7-16(3,10-17)11-18;/h5-6,9H,4,7-8,10-11,17H2,1-3H3;1H. The van der Waals surface area contributed by atoms with Gasteiger partial charge in [0.1, 0.15) is 0 Å². The molecule has 1 aliphatic rings. The van der Waals surface area contributed by atoms with Gasteiger partial charge in [-0.1, -0.05) is 13.0 Å². The monoisotopic (exact) mass is 376 g/mol. The average molecular weight is 377 g/mol. The number of aryl methyl sites for hydroxylation is 1. The van der Waals surface area contributed by atoms with Gasteiger partial charge in [0.25, 0.3) is 0 Å². The minimum atomic E-state index is -3.65. The van der Waals surface area contributed by atoms with Crippen LogP contribution < -0.4 is 5.73 Å². The molecule has 1 atom stereocenters. The highest BCUT2D eigenvalue weighted by Crippen LogP contribution is 2.33. The molecule has 0 spiro atoms. The van der Waals surface area contributed by atoms with Crippen LogP contribution in [0.15, 0.2) is 23.1 Å². The molecule has 1 aromatic rings. The van der Waals surface area contributed by atoms with Gasteiger partial charge in [0.15, 0.2) is 0 Å². The molecule has 0 aliphatic carbocycles. The van der Waals surface area contributed by atoms with E-state index in [0.29, 0.717) is 25.2 Å². The molecule has 24 heavy (non-hydrogen) atoms. The molecule has 0 radical (unpaired) electrons. The first kappa shape index (κ1) is 20.9. The van der Waals surface area contributed by atoms with Crippen molar-refractivity contribution in [2.45, 2.75) is 32.1 Å². The molecule has 1 fully saturated rings. The van der Waals surface area contributed by atoms with E-state index in [1.807, 2.05) is 6.92 Å². The molecule has 136 valence electrons. The fourth-order valence-electron chi connectivity index (χ4n) is 2.71. The Bertz CT molecular complexity index is 708. The highest BCUT2D eigenvalue weighted by atomic mass is 35.5. The number of nitrogens with zero attached hydrogens (tertiary/aromatic N) is 1. The molecule has 8 heteroatoms. The highest BCUT2D eigenvalue weighted by molar-refractivity contribution is 7.89. The third-order valence-corrected chi connectivity index (χ3v) is 6.32. The number of carbonyl (C=O) groups is 1. The SMILES string of the molecule is CCOC(=O)c1ccc(C)c(S(=O)(=O)N2CCC(C)(CN)C2)c1.Cl. The number of sulfonamides is 1. The number of ether oxygens (including phenoxy) is 1. The fraction of sp³-hybridized carbons (Fsp3) is 0.562. The summed E-state index contributed by atoms with van der Waals surface area (Å²) in [6.07, 6.45) is 0.735. The van der Waals surface area contributed by atoms with Crippen molar-refractivity contribution in [1.29, 1.82) is 0 Å². The maximum atomic E-state index is 12.9. The topological polar surface area (TPSA) is 89.7 Å². The summed E-state index contributed by atoms with van der Waals surface area (Å²) in [4.78, 5) is 12.0. The molecular weight excluding hydrogens is 352 g/mol. The van der Waals surface area contributed by atoms with Gasteiger partial charge >= 0.3 is 5.97 Å². The largest absolute Gasteiger partial charge is 0.462 e. The quantitative estimate of drug-likeness (QED) is 0.793. The third-order valence-electron chi connectivity index (χ3n) is 4.33. The Morgan fingerprint density at radius 3 is 2.62 bits per heavy atom. The average Bonchev–Trinajstić information content (AvgIpc) is 2.92. The highest BCUT2D eigenvalue weighted by Gasteiger charge is 2.39. The fourth-order valence-corrected chi connectivity index (χ4v) is 4.55. The summed E-state index contributed by atoms with van der Waals surface area (Å²) >= 11 is 0. The molecule has 1 aromatic carbocycles. The van der Waals surface area contributed by atoms with E-state index in [2.05, 4.69) is 0 Å². The second kappa shape index (κ2) is 7.82. The van der Waals surface area contributed by atoms with E-state index >= 15 is 0 Å². The van der Waals surface area contributed by atoms with Crippen LogP contribution in [0.4, 0.5) is 0 Å². The van der Waals surface area contributed by atoms with Crippen LogP contribution in [-0.4, -0.2) is 44.9 Å². The smallest absolute Gasteiger partial charge is 0.338 e. The van der Waals surface area contributed by atoms with E-state index in [1.165, 1.54) is 10.4 Å². The lowest BCUT2D eigenvalue weighted by Crippen LogP contribution is -2.34. The summed E-state index contributed by atoms with van der Waals surface area (Å²) in [6, 6.07) is 4.62. The van der Waals surface area contributed by atoms with Crippen molar-refractivity contribution in [2.75, 3.05) is 26.2 Å². The zero-order valence-corrected chi connectivity index (χ0v) is 15.9. The number of halogens is 1. The lowest BCUT2D eigenvalue weighted by atomic mass is 9.90. The molecule has 6 nitrogen and oxygen atoms in total. The number of hydrogen-bond donors (Lipinski definition) is 1. The Kier molecular flexibility index (Phi) is 6.81. The van der Waals surface area contributed by atoms with Crippen LogP contribution in [0, 0.1) is 12.3 Å². The molecule has 2 rings (SSSR count). The Morgan fingerprint density at radius 2 is 2.08 bits per heavy atom. The summed E-state index contributed by atoms with van der Waals surface area (Å²) < 4.78 is 32.3. The van der Waals surface area contributed by atoms with Crippen molar-refractivity contribution in [3.05, 3.63) is 29.3 Å². The minimum absolute atomic E-state index is 0. The van der Waals surface area contributed by atoms with Gasteiger partial charge in [-0.3, -0.25) is 0 Å². The van der Waals surface area contributed by atoms with Crippen molar-refractivity contribution in [3.8, 4) is 0 Å². The Hall–Kier alpha value is -1.15. The summed E-state index contributed by atoms with van der Waals surface area (Å²) in [6.45, 7) is 6.96. The van der Waals surface area contributed by atoms with E-state index in [-0.39, 0.29) is 34.9 Å². The molecule has 2 N–H and O–H groups in total. The van der Waals surface area contributed by atoms with E-state index in [4.69, 9.17) is 10.5 Å². The maximum absolute atomic E-state index is 12.9. The molecule has 0 bridgehead atoms. The van der Waals surface area contributed by atoms with Gasteiger partial charge in [-0.15, -0.1) is 12.4 Å². The Balaban J connectivity index is 0.00000288.